The quantitative estimate of drug-likeness (QED) is 0.124. The Kier molecular flexibility index (Phi) is 5.84. The highest BCUT2D eigenvalue weighted by Gasteiger charge is 2.85. The van der Waals surface area contributed by atoms with E-state index in [1.54, 1.807) is 18.2 Å². The maximum absolute atomic E-state index is 14.6. The first-order valence-corrected chi connectivity index (χ1v) is 16.6. The number of phenols is 1. The second-order valence-electron chi connectivity index (χ2n) is 12.3. The van der Waals surface area contributed by atoms with Gasteiger partial charge in [0.05, 0.1) is 11.6 Å². The van der Waals surface area contributed by atoms with E-state index < -0.39 is 24.6 Å². The number of aromatic hydroxyl groups is 1. The van der Waals surface area contributed by atoms with Gasteiger partial charge < -0.3 is 28.6 Å². The Morgan fingerprint density at radius 2 is 1.63 bits per heavy atom. The lowest BCUT2D eigenvalue weighted by Gasteiger charge is -2.55. The molecule has 5 fully saturated rings. The van der Waals surface area contributed by atoms with Gasteiger partial charge in [0.2, 0.25) is 18.8 Å². The molecule has 1 N–H and O–H groups in total. The molecule has 4 saturated carbocycles. The Labute approximate surface area is 244 Å². The molecule has 3 aromatic carbocycles. The third-order valence-electron chi connectivity index (χ3n) is 9.68. The van der Waals surface area contributed by atoms with Gasteiger partial charge in [0.15, 0.2) is 12.5 Å². The molecule has 0 spiro atoms. The maximum atomic E-state index is 14.6. The number of hydrogen-bond donors (Lipinski definition) is 1. The van der Waals surface area contributed by atoms with Crippen LogP contribution in [0.1, 0.15) is 37.7 Å². The molecule has 4 aliphatic carbocycles. The van der Waals surface area contributed by atoms with Gasteiger partial charge in [-0.15, -0.1) is 11.6 Å². The SMILES string of the molecule is O=P12c3cc(ccc3O)C1(OC(COc1ccccc1)OC=C1C3CC4CC1CC(Cl)(C4)C3)C2Oc1ccccc1. The Balaban J connectivity index is 1.11. The van der Waals surface area contributed by atoms with Crippen molar-refractivity contribution in [3.05, 3.63) is 96.3 Å². The third-order valence-corrected chi connectivity index (χ3v) is 13.7. The molecular formula is C33H32ClO6P. The molecule has 8 heteroatoms. The molecule has 3 aromatic rings. The summed E-state index contributed by atoms with van der Waals surface area (Å²) in [4.78, 5) is -0.0718. The van der Waals surface area contributed by atoms with Crippen LogP contribution >= 0.6 is 18.7 Å². The second kappa shape index (κ2) is 9.29. The average molecular weight is 591 g/mol. The van der Waals surface area contributed by atoms with Crippen molar-refractivity contribution in [1.29, 1.82) is 0 Å². The summed E-state index contributed by atoms with van der Waals surface area (Å²) in [5, 5.41) is 9.78. The average Bonchev–Trinajstić information content (AvgIpc) is 3.38. The molecule has 2 aliphatic heterocycles. The fourth-order valence-corrected chi connectivity index (χ4v) is 12.3. The molecule has 1 saturated heterocycles. The van der Waals surface area contributed by atoms with Crippen LogP contribution in [0, 0.1) is 17.8 Å². The number of benzene rings is 3. The number of fused-ring (bicyclic) bond motifs is 5. The highest BCUT2D eigenvalue weighted by Crippen LogP contribution is 2.89. The Bertz CT molecular complexity index is 1540. The topological polar surface area (TPSA) is 74.2 Å². The van der Waals surface area contributed by atoms with E-state index in [0.29, 0.717) is 40.1 Å². The predicted octanol–water partition coefficient (Wildman–Crippen LogP) is 7.11. The fourth-order valence-electron chi connectivity index (χ4n) is 8.04. The molecule has 6 nitrogen and oxygen atoms in total. The van der Waals surface area contributed by atoms with Gasteiger partial charge >= 0.3 is 0 Å². The normalized spacial score (nSPS) is 36.0. The lowest BCUT2D eigenvalue weighted by molar-refractivity contribution is -0.171. The zero-order chi connectivity index (χ0) is 27.8. The van der Waals surface area contributed by atoms with Crippen molar-refractivity contribution in [1.82, 2.24) is 0 Å². The molecule has 212 valence electrons. The fraction of sp³-hybridized carbons (Fsp3) is 0.394. The van der Waals surface area contributed by atoms with Crippen LogP contribution in [0.15, 0.2) is 90.7 Å². The van der Waals surface area contributed by atoms with Crippen molar-refractivity contribution in [3.63, 3.8) is 0 Å². The van der Waals surface area contributed by atoms with Crippen LogP contribution in [-0.4, -0.2) is 28.7 Å². The van der Waals surface area contributed by atoms with Crippen LogP contribution in [0.5, 0.6) is 17.2 Å². The number of rotatable bonds is 9. The van der Waals surface area contributed by atoms with Crippen LogP contribution in [-0.2, 0) is 19.4 Å². The zero-order valence-electron chi connectivity index (χ0n) is 22.5. The van der Waals surface area contributed by atoms with E-state index in [2.05, 4.69) is 0 Å². The van der Waals surface area contributed by atoms with Gasteiger partial charge in [-0.05, 0) is 97.4 Å². The standard InChI is InChI=1S/C33H32ClO6P/c34-32-16-21-13-22(17-32)27(23(14-21)18-32)19-38-30(20-37-25-7-3-1-4-8-25)40-33-24-11-12-28(35)29(15-24)41(33,36)31(33)39-26-9-5-2-6-10-26/h1-12,15,19,21-23,30-31,35H,13-14,16-18,20H2. The van der Waals surface area contributed by atoms with Gasteiger partial charge in [-0.3, -0.25) is 0 Å². The van der Waals surface area contributed by atoms with Gasteiger partial charge in [0, 0.05) is 4.87 Å². The van der Waals surface area contributed by atoms with Crippen molar-refractivity contribution in [2.75, 3.05) is 6.61 Å². The van der Waals surface area contributed by atoms with Crippen molar-refractivity contribution >= 4 is 24.0 Å². The number of hydrogen-bond acceptors (Lipinski definition) is 6. The Morgan fingerprint density at radius 3 is 2.32 bits per heavy atom. The van der Waals surface area contributed by atoms with E-state index in [4.69, 9.17) is 30.5 Å². The molecule has 0 radical (unpaired) electrons. The minimum absolute atomic E-state index is 0.00885. The van der Waals surface area contributed by atoms with Crippen molar-refractivity contribution in [3.8, 4) is 17.2 Å². The maximum Gasteiger partial charge on any atom is 0.234 e. The minimum Gasteiger partial charge on any atom is -0.507 e. The first kappa shape index (κ1) is 25.8. The van der Waals surface area contributed by atoms with Crippen LogP contribution < -0.4 is 14.8 Å². The summed E-state index contributed by atoms with van der Waals surface area (Å²) < 4.78 is 40.2. The molecule has 41 heavy (non-hydrogen) atoms. The van der Waals surface area contributed by atoms with Gasteiger partial charge in [-0.25, -0.2) is 0 Å². The number of phenolic OH excluding ortho intramolecular Hbond substituents is 1. The summed E-state index contributed by atoms with van der Waals surface area (Å²) in [5.74, 6) is 2.04. The summed E-state index contributed by atoms with van der Waals surface area (Å²) in [7, 11) is -3.32. The zero-order valence-corrected chi connectivity index (χ0v) is 24.2. The smallest absolute Gasteiger partial charge is 0.234 e. The van der Waals surface area contributed by atoms with Gasteiger partial charge in [-0.1, -0.05) is 42.5 Å². The van der Waals surface area contributed by atoms with Gasteiger partial charge in [-0.2, -0.15) is 0 Å². The molecule has 0 aromatic heterocycles. The Morgan fingerprint density at radius 1 is 0.951 bits per heavy atom. The number of alkyl halides is 1. The van der Waals surface area contributed by atoms with Crippen LogP contribution in [0.3, 0.4) is 0 Å². The number of halogens is 1. The van der Waals surface area contributed by atoms with Crippen LogP contribution in [0.4, 0.5) is 0 Å². The molecule has 6 atom stereocenters. The third kappa shape index (κ3) is 3.98. The summed E-state index contributed by atoms with van der Waals surface area (Å²) in [6, 6.07) is 23.9. The Hall–Kier alpha value is -2.92. The molecule has 6 unspecified atom stereocenters. The van der Waals surface area contributed by atoms with E-state index in [0.717, 1.165) is 32.1 Å². The first-order valence-electron chi connectivity index (χ1n) is 14.4. The summed E-state index contributed by atoms with van der Waals surface area (Å²) in [5.41, 5.74) is 2.03. The first-order chi connectivity index (χ1) is 19.9. The lowest BCUT2D eigenvalue weighted by atomic mass is 9.54. The molecule has 6 aliphatic rings. The summed E-state index contributed by atoms with van der Waals surface area (Å²) >= 11 is 6.98. The highest BCUT2D eigenvalue weighted by atomic mass is 35.5. The minimum atomic E-state index is -3.32. The van der Waals surface area contributed by atoms with Crippen LogP contribution in [0.2, 0.25) is 0 Å². The number of allylic oxidation sites excluding steroid dienone is 1. The summed E-state index contributed by atoms with van der Waals surface area (Å²) in [6.45, 7) is 0.0903. The second-order valence-corrected chi connectivity index (χ2v) is 16.0. The van der Waals surface area contributed by atoms with Gasteiger partial charge in [0.25, 0.3) is 0 Å². The van der Waals surface area contributed by atoms with E-state index in [1.165, 1.54) is 5.57 Å². The lowest BCUT2D eigenvalue weighted by Crippen LogP contribution is -2.48. The van der Waals surface area contributed by atoms with Crippen LogP contribution in [0.25, 0.3) is 0 Å². The molecule has 9 rings (SSSR count). The monoisotopic (exact) mass is 590 g/mol. The molecular weight excluding hydrogens is 559 g/mol. The number of ether oxygens (including phenoxy) is 4. The van der Waals surface area contributed by atoms with Crippen molar-refractivity contribution in [2.24, 2.45) is 17.8 Å². The molecule has 2 heterocycles. The van der Waals surface area contributed by atoms with E-state index in [1.807, 2.05) is 66.9 Å². The van der Waals surface area contributed by atoms with Crippen molar-refractivity contribution in [2.45, 2.75) is 54.5 Å². The molecule has 0 amide bonds. The molecule has 6 bridgehead atoms. The van der Waals surface area contributed by atoms with E-state index in [9.17, 15) is 9.67 Å². The van der Waals surface area contributed by atoms with Crippen molar-refractivity contribution < 1.29 is 28.6 Å². The summed E-state index contributed by atoms with van der Waals surface area (Å²) in [6.07, 6.45) is 6.43. The number of para-hydroxylation sites is 2. The van der Waals surface area contributed by atoms with E-state index >= 15 is 0 Å². The predicted molar refractivity (Wildman–Crippen MR) is 156 cm³/mol. The largest absolute Gasteiger partial charge is 0.507 e. The van der Waals surface area contributed by atoms with E-state index in [-0.39, 0.29) is 17.2 Å². The van der Waals surface area contributed by atoms with Gasteiger partial charge in [0.1, 0.15) is 17.2 Å². The highest BCUT2D eigenvalue weighted by molar-refractivity contribution is 7.81.